The average Bonchev–Trinajstić information content (AvgIpc) is 3.21. The molecule has 0 bridgehead atoms. The molecule has 0 unspecified atom stereocenters. The van der Waals surface area contributed by atoms with Crippen LogP contribution in [-0.4, -0.2) is 24.2 Å². The average molecular weight is 716 g/mol. The molecule has 0 aliphatic rings. The highest BCUT2D eigenvalue weighted by atomic mass is 79.9. The number of rotatable bonds is 6. The molecule has 0 radical (unpaired) electrons. The maximum absolute atomic E-state index is 10.5. The Morgan fingerprint density at radius 1 is 0.347 bits per heavy atom. The number of hydrogen-bond acceptors (Lipinski definition) is 3. The van der Waals surface area contributed by atoms with Crippen molar-refractivity contribution < 1.29 is 14.4 Å². The number of carbonyl (C=O) groups excluding carboxylic acids is 3. The smallest absolute Gasteiger partial charge is 0.150 e. The van der Waals surface area contributed by atoms with E-state index >= 15 is 0 Å². The van der Waals surface area contributed by atoms with E-state index in [1.165, 1.54) is 16.7 Å². The van der Waals surface area contributed by atoms with Gasteiger partial charge in [-0.25, -0.2) is 0 Å². The van der Waals surface area contributed by atoms with Gasteiger partial charge in [0, 0.05) is 22.0 Å². The molecule has 0 aromatic heterocycles. The highest BCUT2D eigenvalue weighted by Crippen LogP contribution is 2.20. The molecule has 0 atom stereocenters. The van der Waals surface area contributed by atoms with Gasteiger partial charge in [-0.2, -0.15) is 0 Å². The molecule has 0 saturated heterocycles. The Labute approximate surface area is 301 Å². The van der Waals surface area contributed by atoms with E-state index in [0.717, 1.165) is 40.9 Å². The standard InChI is InChI=1S/3C13H10O.C2H5Br.2C2H6/c3*14-10-11-6-8-13(9-7-11)12-4-2-1-3-5-12;1-2-3;2*1-2/h3*1-10H;2H2,1H3;2*1-2H3. The van der Waals surface area contributed by atoms with Crippen molar-refractivity contribution in [2.75, 3.05) is 5.33 Å². The summed E-state index contributed by atoms with van der Waals surface area (Å²) in [6, 6.07) is 53.0. The van der Waals surface area contributed by atoms with Gasteiger partial charge in [0.25, 0.3) is 0 Å². The van der Waals surface area contributed by atoms with E-state index in [1.807, 2.05) is 162 Å². The van der Waals surface area contributed by atoms with Gasteiger partial charge in [0.2, 0.25) is 0 Å². The lowest BCUT2D eigenvalue weighted by Gasteiger charge is -2.00. The molecular formula is C45H47BrO3. The van der Waals surface area contributed by atoms with Crippen molar-refractivity contribution in [1.82, 2.24) is 0 Å². The quantitative estimate of drug-likeness (QED) is 0.127. The van der Waals surface area contributed by atoms with Crippen molar-refractivity contribution in [2.45, 2.75) is 34.6 Å². The van der Waals surface area contributed by atoms with Crippen molar-refractivity contribution >= 4 is 34.8 Å². The molecule has 0 spiro atoms. The van der Waals surface area contributed by atoms with E-state index in [9.17, 15) is 14.4 Å². The second kappa shape index (κ2) is 26.8. The van der Waals surface area contributed by atoms with Crippen molar-refractivity contribution in [1.29, 1.82) is 0 Å². The Kier molecular flexibility index (Phi) is 22.9. The molecule has 0 heterocycles. The third-order valence-electron chi connectivity index (χ3n) is 6.46. The van der Waals surface area contributed by atoms with Gasteiger partial charge in [-0.15, -0.1) is 0 Å². The van der Waals surface area contributed by atoms with E-state index in [4.69, 9.17) is 0 Å². The largest absolute Gasteiger partial charge is 0.298 e. The van der Waals surface area contributed by atoms with Gasteiger partial charge < -0.3 is 0 Å². The summed E-state index contributed by atoms with van der Waals surface area (Å²) < 4.78 is 0. The number of alkyl halides is 1. The minimum absolute atomic E-state index is 0.713. The second-order valence-corrected chi connectivity index (χ2v) is 10.7. The molecule has 0 aliphatic carbocycles. The summed E-state index contributed by atoms with van der Waals surface area (Å²) in [5.41, 5.74) is 9.06. The van der Waals surface area contributed by atoms with Crippen molar-refractivity contribution in [3.05, 3.63) is 180 Å². The monoisotopic (exact) mass is 714 g/mol. The minimum atomic E-state index is 0.713. The molecule has 0 aliphatic heterocycles. The fraction of sp³-hybridized carbons (Fsp3) is 0.133. The highest BCUT2D eigenvalue weighted by Gasteiger charge is 1.97. The normalized spacial score (nSPS) is 8.94. The molecule has 0 fully saturated rings. The van der Waals surface area contributed by atoms with E-state index in [1.54, 1.807) is 0 Å². The lowest BCUT2D eigenvalue weighted by molar-refractivity contribution is 0.111. The lowest BCUT2D eigenvalue weighted by atomic mass is 10.0. The van der Waals surface area contributed by atoms with Crippen molar-refractivity contribution in [2.24, 2.45) is 0 Å². The van der Waals surface area contributed by atoms with Crippen molar-refractivity contribution in [3.63, 3.8) is 0 Å². The highest BCUT2D eigenvalue weighted by molar-refractivity contribution is 9.09. The van der Waals surface area contributed by atoms with Crippen LogP contribution in [0.25, 0.3) is 33.4 Å². The van der Waals surface area contributed by atoms with Crippen LogP contribution in [0.1, 0.15) is 65.7 Å². The number of hydrogen-bond donors (Lipinski definition) is 0. The summed E-state index contributed by atoms with van der Waals surface area (Å²) >= 11 is 3.15. The Morgan fingerprint density at radius 3 is 0.673 bits per heavy atom. The number of halogens is 1. The predicted molar refractivity (Wildman–Crippen MR) is 214 cm³/mol. The first-order chi connectivity index (χ1) is 24.1. The van der Waals surface area contributed by atoms with Crippen LogP contribution in [0.4, 0.5) is 0 Å². The Hall–Kier alpha value is -5.19. The minimum Gasteiger partial charge on any atom is -0.298 e. The summed E-state index contributed by atoms with van der Waals surface area (Å²) in [5, 5.41) is 1.06. The number of carbonyl (C=O) groups is 3. The topological polar surface area (TPSA) is 51.2 Å². The molecule has 0 N–H and O–H groups in total. The maximum Gasteiger partial charge on any atom is 0.150 e. The van der Waals surface area contributed by atoms with Crippen LogP contribution in [0.2, 0.25) is 0 Å². The van der Waals surface area contributed by atoms with Crippen molar-refractivity contribution in [3.8, 4) is 33.4 Å². The number of benzene rings is 6. The van der Waals surface area contributed by atoms with Gasteiger partial charge >= 0.3 is 0 Å². The zero-order chi connectivity index (χ0) is 36.1. The molecule has 0 saturated carbocycles. The van der Waals surface area contributed by atoms with Gasteiger partial charge in [0.1, 0.15) is 18.9 Å². The van der Waals surface area contributed by atoms with E-state index in [-0.39, 0.29) is 0 Å². The summed E-state index contributed by atoms with van der Waals surface area (Å²) in [7, 11) is 0. The van der Waals surface area contributed by atoms with Gasteiger partial charge in [-0.05, 0) is 33.4 Å². The number of aldehydes is 3. The fourth-order valence-electron chi connectivity index (χ4n) is 4.15. The van der Waals surface area contributed by atoms with Gasteiger partial charge in [0.05, 0.1) is 0 Å². The molecule has 6 aromatic carbocycles. The fourth-order valence-corrected chi connectivity index (χ4v) is 4.15. The van der Waals surface area contributed by atoms with E-state index < -0.39 is 0 Å². The van der Waals surface area contributed by atoms with Crippen LogP contribution in [0.3, 0.4) is 0 Å². The van der Waals surface area contributed by atoms with Gasteiger partial charge in [0.15, 0.2) is 0 Å². The molecular weight excluding hydrogens is 668 g/mol. The van der Waals surface area contributed by atoms with Crippen LogP contribution in [0.5, 0.6) is 0 Å². The predicted octanol–water partition coefficient (Wildman–Crippen LogP) is 13.0. The lowest BCUT2D eigenvalue weighted by Crippen LogP contribution is -1.80. The first kappa shape index (κ1) is 41.8. The molecule has 0 amide bonds. The Morgan fingerprint density at radius 2 is 0.510 bits per heavy atom. The summed E-state index contributed by atoms with van der Waals surface area (Å²) in [4.78, 5) is 31.4. The van der Waals surface area contributed by atoms with Gasteiger partial charge in [-0.1, -0.05) is 214 Å². The second-order valence-electron chi connectivity index (χ2n) is 9.58. The van der Waals surface area contributed by atoms with E-state index in [2.05, 4.69) is 52.3 Å². The molecule has 3 nitrogen and oxygen atoms in total. The molecule has 49 heavy (non-hydrogen) atoms. The van der Waals surface area contributed by atoms with Crippen LogP contribution in [-0.2, 0) is 0 Å². The molecule has 252 valence electrons. The first-order valence-electron chi connectivity index (χ1n) is 16.5. The van der Waals surface area contributed by atoms with Crippen LogP contribution >= 0.6 is 15.9 Å². The Balaban J connectivity index is 0.000000336. The molecule has 4 heteroatoms. The summed E-state index contributed by atoms with van der Waals surface area (Å²) in [6.07, 6.45) is 2.57. The SMILES string of the molecule is CC.CC.CCBr.O=Cc1ccc(-c2ccccc2)cc1.O=Cc1ccc(-c2ccccc2)cc1.O=Cc1ccc(-c2ccccc2)cc1. The maximum atomic E-state index is 10.5. The van der Waals surface area contributed by atoms with Crippen LogP contribution in [0, 0.1) is 0 Å². The first-order valence-corrected chi connectivity index (χ1v) is 17.6. The third kappa shape index (κ3) is 16.0. The van der Waals surface area contributed by atoms with Gasteiger partial charge in [-0.3, -0.25) is 14.4 Å². The third-order valence-corrected chi connectivity index (χ3v) is 6.46. The summed E-state index contributed by atoms with van der Waals surface area (Å²) in [5.74, 6) is 0. The molecule has 6 aromatic rings. The molecule has 6 rings (SSSR count). The van der Waals surface area contributed by atoms with Crippen LogP contribution in [0.15, 0.2) is 164 Å². The zero-order valence-corrected chi connectivity index (χ0v) is 30.7. The Bertz CT molecular complexity index is 1480. The van der Waals surface area contributed by atoms with E-state index in [0.29, 0.717) is 16.7 Å². The van der Waals surface area contributed by atoms with Crippen LogP contribution < -0.4 is 0 Å². The summed E-state index contributed by atoms with van der Waals surface area (Å²) in [6.45, 7) is 10.0. The zero-order valence-electron chi connectivity index (χ0n) is 29.1.